The van der Waals surface area contributed by atoms with E-state index in [9.17, 15) is 22.0 Å². The Morgan fingerprint density at radius 3 is 2.25 bits per heavy atom. The number of benzene rings is 2. The number of carbonyl (C=O) groups is 1. The molecule has 9 heteroatoms. The first-order chi connectivity index (χ1) is 13.4. The molecule has 1 aliphatic heterocycles. The van der Waals surface area contributed by atoms with Crippen molar-refractivity contribution < 1.29 is 22.0 Å². The normalized spacial score (nSPS) is 15.6. The van der Waals surface area contributed by atoms with Crippen LogP contribution >= 0.6 is 11.8 Å². The van der Waals surface area contributed by atoms with Gasteiger partial charge in [0, 0.05) is 43.2 Å². The van der Waals surface area contributed by atoms with Crippen molar-refractivity contribution in [3.8, 4) is 0 Å². The van der Waals surface area contributed by atoms with E-state index in [-0.39, 0.29) is 42.8 Å². The zero-order chi connectivity index (χ0) is 20.1. The Labute approximate surface area is 167 Å². The Bertz CT molecular complexity index is 928. The first-order valence-electron chi connectivity index (χ1n) is 8.79. The average Bonchev–Trinajstić information content (AvgIpc) is 2.69. The Kier molecular flexibility index (Phi) is 6.69. The number of sulfonamides is 1. The van der Waals surface area contributed by atoms with Crippen molar-refractivity contribution in [1.29, 1.82) is 0 Å². The molecule has 1 fully saturated rings. The molecule has 3 rings (SSSR count). The van der Waals surface area contributed by atoms with Gasteiger partial charge in [0.15, 0.2) is 0 Å². The molecule has 150 valence electrons. The van der Waals surface area contributed by atoms with Gasteiger partial charge in [-0.15, -0.1) is 11.8 Å². The number of hydrogen-bond donors (Lipinski definition) is 0. The highest BCUT2D eigenvalue weighted by Crippen LogP contribution is 2.22. The first-order valence-corrected chi connectivity index (χ1v) is 11.2. The van der Waals surface area contributed by atoms with Crippen molar-refractivity contribution >= 4 is 27.7 Å². The smallest absolute Gasteiger partial charge is 0.246 e. The number of carbonyl (C=O) groups excluding carboxylic acids is 1. The average molecular weight is 427 g/mol. The monoisotopic (exact) mass is 426 g/mol. The Morgan fingerprint density at radius 2 is 1.61 bits per heavy atom. The van der Waals surface area contributed by atoms with E-state index in [0.29, 0.717) is 12.2 Å². The molecule has 5 nitrogen and oxygen atoms in total. The molecule has 0 unspecified atom stereocenters. The van der Waals surface area contributed by atoms with E-state index in [1.807, 2.05) is 0 Å². The molecule has 0 N–H and O–H groups in total. The lowest BCUT2D eigenvalue weighted by Crippen LogP contribution is -2.50. The number of thioether (sulfide) groups is 1. The third-order valence-electron chi connectivity index (χ3n) is 4.44. The molecule has 2 aromatic rings. The SMILES string of the molecule is O=C(CCSc1ccc(F)cc1)N1CCN(S(=O)(=O)c2ccccc2F)CC1. The lowest BCUT2D eigenvalue weighted by molar-refractivity contribution is -0.131. The van der Waals surface area contributed by atoms with Gasteiger partial charge in [-0.3, -0.25) is 4.79 Å². The summed E-state index contributed by atoms with van der Waals surface area (Å²) in [5, 5.41) is 0. The number of hydrogen-bond acceptors (Lipinski definition) is 4. The van der Waals surface area contributed by atoms with Gasteiger partial charge in [-0.25, -0.2) is 17.2 Å². The summed E-state index contributed by atoms with van der Waals surface area (Å²) in [6.07, 6.45) is 0.308. The summed E-state index contributed by atoms with van der Waals surface area (Å²) in [6, 6.07) is 11.4. The Balaban J connectivity index is 1.50. The van der Waals surface area contributed by atoms with Gasteiger partial charge in [-0.1, -0.05) is 12.1 Å². The van der Waals surface area contributed by atoms with Crippen LogP contribution < -0.4 is 0 Å². The van der Waals surface area contributed by atoms with E-state index in [4.69, 9.17) is 0 Å². The van der Waals surface area contributed by atoms with Crippen LogP contribution in [0.2, 0.25) is 0 Å². The van der Waals surface area contributed by atoms with Gasteiger partial charge in [0.25, 0.3) is 0 Å². The molecule has 0 aliphatic carbocycles. The Morgan fingerprint density at radius 1 is 0.964 bits per heavy atom. The fourth-order valence-corrected chi connectivity index (χ4v) is 5.24. The predicted octanol–water partition coefficient (Wildman–Crippen LogP) is 2.98. The fraction of sp³-hybridized carbons (Fsp3) is 0.316. The molecule has 28 heavy (non-hydrogen) atoms. The van der Waals surface area contributed by atoms with E-state index in [1.165, 1.54) is 46.4 Å². The number of amides is 1. The van der Waals surface area contributed by atoms with Gasteiger partial charge in [0.1, 0.15) is 16.5 Å². The molecule has 1 heterocycles. The van der Waals surface area contributed by atoms with Crippen LogP contribution in [0.3, 0.4) is 0 Å². The molecule has 0 atom stereocenters. The number of halogens is 2. The van der Waals surface area contributed by atoms with Crippen LogP contribution in [0, 0.1) is 11.6 Å². The molecule has 0 radical (unpaired) electrons. The topological polar surface area (TPSA) is 57.7 Å². The molecule has 0 aromatic heterocycles. The van der Waals surface area contributed by atoms with Crippen LogP contribution in [0.15, 0.2) is 58.3 Å². The zero-order valence-corrected chi connectivity index (χ0v) is 16.7. The van der Waals surface area contributed by atoms with Crippen LogP contribution in [0.5, 0.6) is 0 Å². The maximum Gasteiger partial charge on any atom is 0.246 e. The maximum atomic E-state index is 13.9. The van der Waals surface area contributed by atoms with Crippen molar-refractivity contribution in [1.82, 2.24) is 9.21 Å². The third kappa shape index (κ3) is 4.89. The molecular weight excluding hydrogens is 406 g/mol. The van der Waals surface area contributed by atoms with Crippen molar-refractivity contribution in [2.45, 2.75) is 16.2 Å². The molecule has 0 spiro atoms. The largest absolute Gasteiger partial charge is 0.340 e. The van der Waals surface area contributed by atoms with Gasteiger partial charge >= 0.3 is 0 Å². The van der Waals surface area contributed by atoms with Gasteiger partial charge in [-0.05, 0) is 36.4 Å². The second-order valence-corrected chi connectivity index (χ2v) is 9.34. The quantitative estimate of drug-likeness (QED) is 0.667. The highest BCUT2D eigenvalue weighted by atomic mass is 32.2. The lowest BCUT2D eigenvalue weighted by atomic mass is 10.3. The molecule has 1 saturated heterocycles. The zero-order valence-electron chi connectivity index (χ0n) is 15.1. The molecule has 1 amide bonds. The summed E-state index contributed by atoms with van der Waals surface area (Å²) >= 11 is 1.46. The van der Waals surface area contributed by atoms with Crippen LogP contribution in [0.25, 0.3) is 0 Å². The summed E-state index contributed by atoms with van der Waals surface area (Å²) in [4.78, 5) is 14.5. The van der Waals surface area contributed by atoms with E-state index < -0.39 is 15.8 Å². The third-order valence-corrected chi connectivity index (χ3v) is 7.39. The first kappa shape index (κ1) is 20.8. The van der Waals surface area contributed by atoms with Gasteiger partial charge in [-0.2, -0.15) is 4.31 Å². The van der Waals surface area contributed by atoms with Crippen molar-refractivity contribution in [3.05, 3.63) is 60.2 Å². The van der Waals surface area contributed by atoms with Crippen LogP contribution in [0.1, 0.15) is 6.42 Å². The molecule has 2 aromatic carbocycles. The van der Waals surface area contributed by atoms with E-state index in [2.05, 4.69) is 0 Å². The Hall–Kier alpha value is -1.97. The van der Waals surface area contributed by atoms with E-state index >= 15 is 0 Å². The summed E-state index contributed by atoms with van der Waals surface area (Å²) in [7, 11) is -3.91. The minimum Gasteiger partial charge on any atom is -0.340 e. The highest BCUT2D eigenvalue weighted by molar-refractivity contribution is 7.99. The molecule has 0 bridgehead atoms. The number of rotatable bonds is 6. The fourth-order valence-electron chi connectivity index (χ4n) is 2.92. The molecular formula is C19H20F2N2O3S2. The standard InChI is InChI=1S/C19H20F2N2O3S2/c20-15-5-7-16(8-6-15)27-14-9-19(24)22-10-12-23(13-11-22)28(25,26)18-4-2-1-3-17(18)21/h1-8H,9-14H2. The van der Waals surface area contributed by atoms with Crippen molar-refractivity contribution in [2.75, 3.05) is 31.9 Å². The summed E-state index contributed by atoms with van der Waals surface area (Å²) < 4.78 is 53.1. The molecule has 1 aliphatic rings. The van der Waals surface area contributed by atoms with Crippen molar-refractivity contribution in [2.24, 2.45) is 0 Å². The second-order valence-electron chi connectivity index (χ2n) is 6.27. The summed E-state index contributed by atoms with van der Waals surface area (Å²) in [5.74, 6) is -0.585. The maximum absolute atomic E-state index is 13.9. The summed E-state index contributed by atoms with van der Waals surface area (Å²) in [5.41, 5.74) is 0. The van der Waals surface area contributed by atoms with E-state index in [0.717, 1.165) is 11.0 Å². The lowest BCUT2D eigenvalue weighted by Gasteiger charge is -2.34. The van der Waals surface area contributed by atoms with Gasteiger partial charge in [0.05, 0.1) is 0 Å². The predicted molar refractivity (Wildman–Crippen MR) is 103 cm³/mol. The van der Waals surface area contributed by atoms with Crippen LogP contribution in [-0.2, 0) is 14.8 Å². The van der Waals surface area contributed by atoms with Gasteiger partial charge < -0.3 is 4.90 Å². The van der Waals surface area contributed by atoms with Crippen LogP contribution in [-0.4, -0.2) is 55.5 Å². The number of nitrogens with zero attached hydrogens (tertiary/aromatic N) is 2. The van der Waals surface area contributed by atoms with Crippen LogP contribution in [0.4, 0.5) is 8.78 Å². The second kappa shape index (κ2) is 9.02. The minimum absolute atomic E-state index is 0.0578. The highest BCUT2D eigenvalue weighted by Gasteiger charge is 2.31. The minimum atomic E-state index is -3.91. The number of piperazine rings is 1. The van der Waals surface area contributed by atoms with E-state index in [1.54, 1.807) is 17.0 Å². The molecule has 0 saturated carbocycles. The van der Waals surface area contributed by atoms with Crippen molar-refractivity contribution in [3.63, 3.8) is 0 Å². The summed E-state index contributed by atoms with van der Waals surface area (Å²) in [6.45, 7) is 0.808. The van der Waals surface area contributed by atoms with Gasteiger partial charge in [0.2, 0.25) is 15.9 Å².